The Balaban J connectivity index is 2.34. The molecule has 2 aromatic carbocycles. The third kappa shape index (κ3) is 2.51. The van der Waals surface area contributed by atoms with Crippen LogP contribution in [0.1, 0.15) is 5.56 Å². The second-order valence-corrected chi connectivity index (χ2v) is 4.42. The summed E-state index contributed by atoms with van der Waals surface area (Å²) in [4.78, 5) is 0. The molecule has 0 atom stereocenters. The summed E-state index contributed by atoms with van der Waals surface area (Å²) in [7, 11) is 1.59. The van der Waals surface area contributed by atoms with E-state index in [0.29, 0.717) is 16.5 Å². The molecule has 0 aliphatic carbocycles. The van der Waals surface area contributed by atoms with Crippen molar-refractivity contribution in [2.45, 2.75) is 6.92 Å². The van der Waals surface area contributed by atoms with Gasteiger partial charge in [0.15, 0.2) is 0 Å². The van der Waals surface area contributed by atoms with Gasteiger partial charge in [-0.3, -0.25) is 0 Å². The molecule has 0 unspecified atom stereocenters. The fourth-order valence-corrected chi connectivity index (χ4v) is 1.99. The molecule has 0 saturated heterocycles. The van der Waals surface area contributed by atoms with E-state index in [1.165, 1.54) is 0 Å². The summed E-state index contributed by atoms with van der Waals surface area (Å²) in [5, 5.41) is 3.96. The predicted octanol–water partition coefficient (Wildman–Crippen LogP) is 3.98. The van der Waals surface area contributed by atoms with E-state index < -0.39 is 0 Å². The van der Waals surface area contributed by atoms with Crippen molar-refractivity contribution in [3.8, 4) is 5.75 Å². The van der Waals surface area contributed by atoms with E-state index in [2.05, 4.69) is 5.32 Å². The van der Waals surface area contributed by atoms with E-state index in [-0.39, 0.29) is 0 Å². The Morgan fingerprint density at radius 1 is 1.22 bits per heavy atom. The first-order chi connectivity index (χ1) is 8.61. The normalized spacial score (nSPS) is 10.2. The monoisotopic (exact) mass is 262 g/mol. The number of halogens is 1. The van der Waals surface area contributed by atoms with Crippen LogP contribution in [0.2, 0.25) is 5.02 Å². The van der Waals surface area contributed by atoms with E-state index in [1.54, 1.807) is 13.2 Å². The quantitative estimate of drug-likeness (QED) is 0.823. The van der Waals surface area contributed by atoms with Crippen molar-refractivity contribution in [3.05, 3.63) is 47.0 Å². The Bertz CT molecular complexity index is 549. The standard InChI is InChI=1S/C14H15ClN2O/c1-9-4-3-5-11(15)14(9)17-10-6-7-12(16)13(8-10)18-2/h3-8,17H,16H2,1-2H3. The van der Waals surface area contributed by atoms with Gasteiger partial charge in [-0.15, -0.1) is 0 Å². The number of ether oxygens (including phenoxy) is 1. The lowest BCUT2D eigenvalue weighted by Gasteiger charge is -2.13. The van der Waals surface area contributed by atoms with Gasteiger partial charge in [-0.05, 0) is 30.7 Å². The van der Waals surface area contributed by atoms with Gasteiger partial charge in [0, 0.05) is 11.8 Å². The molecule has 0 fully saturated rings. The minimum absolute atomic E-state index is 0.610. The van der Waals surface area contributed by atoms with Crippen LogP contribution < -0.4 is 15.8 Å². The topological polar surface area (TPSA) is 47.3 Å². The molecule has 3 nitrogen and oxygen atoms in total. The number of para-hydroxylation sites is 1. The van der Waals surface area contributed by atoms with Crippen molar-refractivity contribution >= 4 is 28.7 Å². The number of nitrogens with one attached hydrogen (secondary N) is 1. The average molecular weight is 263 g/mol. The highest BCUT2D eigenvalue weighted by Crippen LogP contribution is 2.31. The molecule has 0 aliphatic heterocycles. The summed E-state index contributed by atoms with van der Waals surface area (Å²) in [6.07, 6.45) is 0. The summed E-state index contributed by atoms with van der Waals surface area (Å²) in [5.74, 6) is 0.643. The number of rotatable bonds is 3. The number of methoxy groups -OCH3 is 1. The average Bonchev–Trinajstić information content (AvgIpc) is 2.36. The van der Waals surface area contributed by atoms with Gasteiger partial charge in [0.05, 0.1) is 23.5 Å². The smallest absolute Gasteiger partial charge is 0.143 e. The number of anilines is 3. The lowest BCUT2D eigenvalue weighted by Crippen LogP contribution is -1.97. The van der Waals surface area contributed by atoms with Gasteiger partial charge in [0.2, 0.25) is 0 Å². The maximum Gasteiger partial charge on any atom is 0.143 e. The van der Waals surface area contributed by atoms with Crippen molar-refractivity contribution < 1.29 is 4.74 Å². The Labute approximate surface area is 112 Å². The first-order valence-electron chi connectivity index (χ1n) is 5.57. The van der Waals surface area contributed by atoms with Crippen molar-refractivity contribution in [1.29, 1.82) is 0 Å². The summed E-state index contributed by atoms with van der Waals surface area (Å²) in [5.41, 5.74) is 9.25. The second-order valence-electron chi connectivity index (χ2n) is 4.01. The zero-order chi connectivity index (χ0) is 13.1. The third-order valence-corrected chi connectivity index (χ3v) is 3.04. The van der Waals surface area contributed by atoms with Crippen LogP contribution in [0.15, 0.2) is 36.4 Å². The lowest BCUT2D eigenvalue weighted by molar-refractivity contribution is 0.417. The fourth-order valence-electron chi connectivity index (χ4n) is 1.72. The van der Waals surface area contributed by atoms with E-state index in [4.69, 9.17) is 22.1 Å². The van der Waals surface area contributed by atoms with E-state index >= 15 is 0 Å². The molecule has 0 spiro atoms. The number of aryl methyl sites for hydroxylation is 1. The molecule has 0 amide bonds. The Kier molecular flexibility index (Phi) is 3.63. The second kappa shape index (κ2) is 5.19. The van der Waals surface area contributed by atoms with Crippen molar-refractivity contribution in [2.24, 2.45) is 0 Å². The van der Waals surface area contributed by atoms with Crippen molar-refractivity contribution in [3.63, 3.8) is 0 Å². The van der Waals surface area contributed by atoms with Gasteiger partial charge < -0.3 is 15.8 Å². The largest absolute Gasteiger partial charge is 0.495 e. The number of benzene rings is 2. The van der Waals surface area contributed by atoms with E-state index in [9.17, 15) is 0 Å². The van der Waals surface area contributed by atoms with Gasteiger partial charge >= 0.3 is 0 Å². The molecule has 2 rings (SSSR count). The molecule has 0 aliphatic rings. The molecular weight excluding hydrogens is 248 g/mol. The molecule has 2 aromatic rings. The minimum atomic E-state index is 0.610. The fraction of sp³-hybridized carbons (Fsp3) is 0.143. The Hall–Kier alpha value is -1.87. The van der Waals surface area contributed by atoms with E-state index in [1.807, 2.05) is 37.3 Å². The lowest BCUT2D eigenvalue weighted by atomic mass is 10.2. The van der Waals surface area contributed by atoms with Crippen LogP contribution >= 0.6 is 11.6 Å². The molecule has 0 heterocycles. The third-order valence-electron chi connectivity index (χ3n) is 2.72. The van der Waals surface area contributed by atoms with Crippen molar-refractivity contribution in [1.82, 2.24) is 0 Å². The van der Waals surface area contributed by atoms with Crippen LogP contribution in [-0.2, 0) is 0 Å². The highest BCUT2D eigenvalue weighted by atomic mass is 35.5. The molecule has 0 bridgehead atoms. The Morgan fingerprint density at radius 3 is 2.67 bits per heavy atom. The highest BCUT2D eigenvalue weighted by molar-refractivity contribution is 6.33. The number of hydrogen-bond donors (Lipinski definition) is 2. The van der Waals surface area contributed by atoms with Crippen molar-refractivity contribution in [2.75, 3.05) is 18.2 Å². The molecule has 0 saturated carbocycles. The predicted molar refractivity (Wildman–Crippen MR) is 76.9 cm³/mol. The van der Waals surface area contributed by atoms with Gasteiger partial charge in [0.1, 0.15) is 5.75 Å². The summed E-state index contributed by atoms with van der Waals surface area (Å²) >= 11 is 6.17. The first kappa shape index (κ1) is 12.6. The van der Waals surface area contributed by atoms with Crippen LogP contribution in [-0.4, -0.2) is 7.11 Å². The zero-order valence-corrected chi connectivity index (χ0v) is 11.1. The molecule has 4 heteroatoms. The van der Waals surface area contributed by atoms with Crippen LogP contribution in [0.3, 0.4) is 0 Å². The number of nitrogens with two attached hydrogens (primary N) is 1. The van der Waals surface area contributed by atoms with Crippen LogP contribution in [0, 0.1) is 6.92 Å². The molecule has 18 heavy (non-hydrogen) atoms. The SMILES string of the molecule is COc1cc(Nc2c(C)cccc2Cl)ccc1N. The number of hydrogen-bond acceptors (Lipinski definition) is 3. The maximum atomic E-state index is 6.17. The zero-order valence-electron chi connectivity index (χ0n) is 10.3. The summed E-state index contributed by atoms with van der Waals surface area (Å²) in [6, 6.07) is 11.3. The molecule has 94 valence electrons. The van der Waals surface area contributed by atoms with Gasteiger partial charge in [-0.1, -0.05) is 23.7 Å². The molecular formula is C14H15ClN2O. The summed E-state index contributed by atoms with van der Waals surface area (Å²) in [6.45, 7) is 2.00. The Morgan fingerprint density at radius 2 is 2.00 bits per heavy atom. The molecule has 0 radical (unpaired) electrons. The van der Waals surface area contributed by atoms with E-state index in [0.717, 1.165) is 16.9 Å². The summed E-state index contributed by atoms with van der Waals surface area (Å²) < 4.78 is 5.19. The molecule has 0 aromatic heterocycles. The van der Waals surface area contributed by atoms with Crippen LogP contribution in [0.4, 0.5) is 17.1 Å². The van der Waals surface area contributed by atoms with Crippen LogP contribution in [0.5, 0.6) is 5.75 Å². The van der Waals surface area contributed by atoms with Gasteiger partial charge in [-0.2, -0.15) is 0 Å². The number of nitrogen functional groups attached to an aromatic ring is 1. The maximum absolute atomic E-state index is 6.17. The first-order valence-corrected chi connectivity index (χ1v) is 5.95. The van der Waals surface area contributed by atoms with Gasteiger partial charge in [-0.25, -0.2) is 0 Å². The van der Waals surface area contributed by atoms with Gasteiger partial charge in [0.25, 0.3) is 0 Å². The molecule has 3 N–H and O–H groups in total. The van der Waals surface area contributed by atoms with Crippen LogP contribution in [0.25, 0.3) is 0 Å². The minimum Gasteiger partial charge on any atom is -0.495 e. The highest BCUT2D eigenvalue weighted by Gasteiger charge is 2.06.